The number of halogens is 2. The van der Waals surface area contributed by atoms with Crippen molar-refractivity contribution >= 4 is 28.9 Å². The lowest BCUT2D eigenvalue weighted by atomic mass is 10.0. The predicted octanol–water partition coefficient (Wildman–Crippen LogP) is 5.14. The minimum Gasteiger partial charge on any atom is -0.359 e. The molecule has 0 fully saturated rings. The Morgan fingerprint density at radius 3 is 2.73 bits per heavy atom. The average molecular weight is 330 g/mol. The number of fused-ring (bicyclic) bond motifs is 3. The Morgan fingerprint density at radius 1 is 1.09 bits per heavy atom. The van der Waals surface area contributed by atoms with Crippen LogP contribution in [0.3, 0.4) is 0 Å². The van der Waals surface area contributed by atoms with E-state index in [9.17, 15) is 0 Å². The summed E-state index contributed by atoms with van der Waals surface area (Å²) in [6.07, 6.45) is -0.150. The van der Waals surface area contributed by atoms with Crippen molar-refractivity contribution in [3.8, 4) is 11.3 Å². The average Bonchev–Trinajstić information content (AvgIpc) is 2.88. The Balaban J connectivity index is 1.92. The van der Waals surface area contributed by atoms with Crippen LogP contribution in [-0.4, -0.2) is 9.78 Å². The van der Waals surface area contributed by atoms with E-state index in [0.717, 1.165) is 28.2 Å². The highest BCUT2D eigenvalue weighted by molar-refractivity contribution is 6.35. The number of hydrogen-bond donors (Lipinski definition) is 1. The first kappa shape index (κ1) is 13.7. The molecule has 3 nitrogen and oxygen atoms in total. The van der Waals surface area contributed by atoms with Gasteiger partial charge in [0.05, 0.1) is 11.4 Å². The van der Waals surface area contributed by atoms with Gasteiger partial charge in [0, 0.05) is 26.9 Å². The number of para-hydroxylation sites is 1. The van der Waals surface area contributed by atoms with Gasteiger partial charge in [-0.2, -0.15) is 5.10 Å². The summed E-state index contributed by atoms with van der Waals surface area (Å²) in [6.45, 7) is 1.99. The normalized spacial score (nSPS) is 15.9. The van der Waals surface area contributed by atoms with Crippen molar-refractivity contribution in [2.24, 2.45) is 0 Å². The Morgan fingerprint density at radius 2 is 1.91 bits per heavy atom. The summed E-state index contributed by atoms with van der Waals surface area (Å²) in [5.74, 6) is 0. The predicted molar refractivity (Wildman–Crippen MR) is 90.6 cm³/mol. The second kappa shape index (κ2) is 5.04. The molecule has 0 amide bonds. The minimum absolute atomic E-state index is 0.150. The number of benzene rings is 2. The summed E-state index contributed by atoms with van der Waals surface area (Å²) in [6, 6.07) is 15.9. The van der Waals surface area contributed by atoms with Gasteiger partial charge in [-0.1, -0.05) is 47.5 Å². The number of hydrogen-bond acceptors (Lipinski definition) is 2. The van der Waals surface area contributed by atoms with Crippen LogP contribution in [0.1, 0.15) is 17.4 Å². The van der Waals surface area contributed by atoms with E-state index < -0.39 is 0 Å². The molecule has 0 saturated heterocycles. The lowest BCUT2D eigenvalue weighted by Gasteiger charge is -2.29. The smallest absolute Gasteiger partial charge is 0.148 e. The molecule has 5 heteroatoms. The van der Waals surface area contributed by atoms with E-state index in [-0.39, 0.29) is 6.17 Å². The van der Waals surface area contributed by atoms with Crippen molar-refractivity contribution in [2.75, 3.05) is 5.32 Å². The van der Waals surface area contributed by atoms with Gasteiger partial charge >= 0.3 is 0 Å². The molecule has 1 atom stereocenters. The summed E-state index contributed by atoms with van der Waals surface area (Å²) >= 11 is 12.4. The fourth-order valence-corrected chi connectivity index (χ4v) is 3.40. The first-order valence-corrected chi connectivity index (χ1v) is 7.76. The number of aromatic nitrogens is 2. The first-order valence-electron chi connectivity index (χ1n) is 7.00. The van der Waals surface area contributed by atoms with Crippen LogP contribution in [0.25, 0.3) is 11.3 Å². The summed E-state index contributed by atoms with van der Waals surface area (Å²) in [5, 5.41) is 9.40. The van der Waals surface area contributed by atoms with Gasteiger partial charge in [-0.3, -0.25) is 0 Å². The van der Waals surface area contributed by atoms with E-state index in [2.05, 4.69) is 28.6 Å². The molecule has 4 rings (SSSR count). The van der Waals surface area contributed by atoms with Gasteiger partial charge in [-0.15, -0.1) is 0 Å². The minimum atomic E-state index is -0.150. The number of aryl methyl sites for hydroxylation is 1. The van der Waals surface area contributed by atoms with E-state index in [4.69, 9.17) is 23.2 Å². The molecule has 0 bridgehead atoms. The molecule has 0 spiro atoms. The van der Waals surface area contributed by atoms with Gasteiger partial charge < -0.3 is 5.32 Å². The van der Waals surface area contributed by atoms with E-state index in [1.54, 1.807) is 6.07 Å². The number of nitrogens with one attached hydrogen (secondary N) is 1. The molecular weight excluding hydrogens is 317 g/mol. The Hall–Kier alpha value is -1.97. The maximum absolute atomic E-state index is 6.40. The van der Waals surface area contributed by atoms with E-state index in [1.807, 2.05) is 35.9 Å². The third-order valence-electron chi connectivity index (χ3n) is 3.85. The van der Waals surface area contributed by atoms with E-state index >= 15 is 0 Å². The maximum atomic E-state index is 6.40. The molecule has 2 aromatic carbocycles. The van der Waals surface area contributed by atoms with Crippen LogP contribution in [0.4, 0.5) is 5.69 Å². The fourth-order valence-electron chi connectivity index (χ4n) is 2.89. The maximum Gasteiger partial charge on any atom is 0.148 e. The lowest BCUT2D eigenvalue weighted by molar-refractivity contribution is 0.571. The largest absolute Gasteiger partial charge is 0.359 e. The van der Waals surface area contributed by atoms with Crippen molar-refractivity contribution in [2.45, 2.75) is 13.1 Å². The summed E-state index contributed by atoms with van der Waals surface area (Å²) in [7, 11) is 0. The molecule has 0 unspecified atom stereocenters. The molecule has 0 saturated carbocycles. The molecule has 3 aromatic rings. The quantitative estimate of drug-likeness (QED) is 0.670. The van der Waals surface area contributed by atoms with Gasteiger partial charge in [-0.05, 0) is 31.2 Å². The van der Waals surface area contributed by atoms with Gasteiger partial charge in [0.15, 0.2) is 0 Å². The number of anilines is 1. The van der Waals surface area contributed by atoms with Crippen molar-refractivity contribution in [3.05, 3.63) is 69.8 Å². The summed E-state index contributed by atoms with van der Waals surface area (Å²) < 4.78 is 1.98. The van der Waals surface area contributed by atoms with Crippen LogP contribution in [-0.2, 0) is 0 Å². The van der Waals surface area contributed by atoms with E-state index in [1.165, 1.54) is 0 Å². The Labute approximate surface area is 138 Å². The highest BCUT2D eigenvalue weighted by Gasteiger charge is 2.27. The molecule has 22 heavy (non-hydrogen) atoms. The molecule has 1 aliphatic rings. The van der Waals surface area contributed by atoms with Crippen molar-refractivity contribution in [1.29, 1.82) is 0 Å². The zero-order chi connectivity index (χ0) is 15.3. The van der Waals surface area contributed by atoms with E-state index in [0.29, 0.717) is 10.0 Å². The first-order chi connectivity index (χ1) is 10.6. The molecule has 0 aliphatic carbocycles. The second-order valence-electron chi connectivity index (χ2n) is 5.37. The van der Waals surface area contributed by atoms with Crippen LogP contribution in [0.5, 0.6) is 0 Å². The Bertz CT molecular complexity index is 870. The summed E-state index contributed by atoms with van der Waals surface area (Å²) in [5.41, 5.74) is 5.23. The monoisotopic (exact) mass is 329 g/mol. The van der Waals surface area contributed by atoms with Gasteiger partial charge in [0.1, 0.15) is 6.17 Å². The SMILES string of the molecule is Cc1cc2n(n1)[C@@H](c1ccc(Cl)cc1Cl)Nc1ccccc1-2. The van der Waals surface area contributed by atoms with Crippen LogP contribution >= 0.6 is 23.2 Å². The van der Waals surface area contributed by atoms with Crippen LogP contribution in [0.2, 0.25) is 10.0 Å². The molecule has 1 N–H and O–H groups in total. The third-order valence-corrected chi connectivity index (χ3v) is 4.42. The van der Waals surface area contributed by atoms with Gasteiger partial charge in [0.25, 0.3) is 0 Å². The van der Waals surface area contributed by atoms with Crippen molar-refractivity contribution < 1.29 is 0 Å². The standard InChI is InChI=1S/C17H13Cl2N3/c1-10-8-16-13-4-2-3-5-15(13)20-17(22(16)21-10)12-7-6-11(18)9-14(12)19/h2-9,17,20H,1H3/t17-/m0/s1. The van der Waals surface area contributed by atoms with Crippen molar-refractivity contribution in [3.63, 3.8) is 0 Å². The topological polar surface area (TPSA) is 29.9 Å². The molecule has 1 aliphatic heterocycles. The van der Waals surface area contributed by atoms with Crippen molar-refractivity contribution in [1.82, 2.24) is 9.78 Å². The molecular formula is C17H13Cl2N3. The van der Waals surface area contributed by atoms with Gasteiger partial charge in [-0.25, -0.2) is 4.68 Å². The third kappa shape index (κ3) is 2.09. The zero-order valence-electron chi connectivity index (χ0n) is 11.8. The van der Waals surface area contributed by atoms with Gasteiger partial charge in [0.2, 0.25) is 0 Å². The highest BCUT2D eigenvalue weighted by Crippen LogP contribution is 2.40. The van der Waals surface area contributed by atoms with Crippen LogP contribution in [0, 0.1) is 6.92 Å². The molecule has 1 aromatic heterocycles. The van der Waals surface area contributed by atoms with Crippen LogP contribution in [0.15, 0.2) is 48.5 Å². The zero-order valence-corrected chi connectivity index (χ0v) is 13.4. The van der Waals surface area contributed by atoms with Crippen LogP contribution < -0.4 is 5.32 Å². The second-order valence-corrected chi connectivity index (χ2v) is 6.22. The number of rotatable bonds is 1. The summed E-state index contributed by atoms with van der Waals surface area (Å²) in [4.78, 5) is 0. The molecule has 0 radical (unpaired) electrons. The lowest BCUT2D eigenvalue weighted by Crippen LogP contribution is -2.25. The number of nitrogens with zero attached hydrogens (tertiary/aromatic N) is 2. The fraction of sp³-hybridized carbons (Fsp3) is 0.118. The Kier molecular flexibility index (Phi) is 3.13. The molecule has 2 heterocycles. The highest BCUT2D eigenvalue weighted by atomic mass is 35.5. The molecule has 110 valence electrons.